The predicted octanol–water partition coefficient (Wildman–Crippen LogP) is 2.85. The van der Waals surface area contributed by atoms with Gasteiger partial charge in [0.1, 0.15) is 5.82 Å². The van der Waals surface area contributed by atoms with Crippen molar-refractivity contribution in [1.29, 1.82) is 0 Å². The lowest BCUT2D eigenvalue weighted by atomic mass is 10.2. The van der Waals surface area contributed by atoms with Gasteiger partial charge in [0.05, 0.1) is 23.0 Å². The normalized spacial score (nSPS) is 13.7. The van der Waals surface area contributed by atoms with Crippen molar-refractivity contribution in [2.45, 2.75) is 26.4 Å². The summed E-state index contributed by atoms with van der Waals surface area (Å²) in [4.78, 5) is 28.4. The van der Waals surface area contributed by atoms with E-state index in [0.29, 0.717) is 5.52 Å². The molecule has 0 aliphatic rings. The SMILES string of the molecule is CC(CN(C)C(=O)NC(C)c1nc2ccccc2n1C(F)F)C(=O)O. The highest BCUT2D eigenvalue weighted by Crippen LogP contribution is 2.26. The summed E-state index contributed by atoms with van der Waals surface area (Å²) in [5.74, 6) is -1.73. The summed E-state index contributed by atoms with van der Waals surface area (Å²) < 4.78 is 27.7. The van der Waals surface area contributed by atoms with Gasteiger partial charge >= 0.3 is 18.5 Å². The highest BCUT2D eigenvalue weighted by molar-refractivity contribution is 5.78. The number of benzene rings is 1. The number of imidazole rings is 1. The first kappa shape index (κ1) is 18.6. The van der Waals surface area contributed by atoms with Crippen molar-refractivity contribution in [2.24, 2.45) is 5.92 Å². The lowest BCUT2D eigenvalue weighted by Crippen LogP contribution is -2.42. The monoisotopic (exact) mass is 354 g/mol. The smallest absolute Gasteiger partial charge is 0.320 e. The van der Waals surface area contributed by atoms with Crippen molar-refractivity contribution in [3.8, 4) is 0 Å². The Labute approximate surface area is 143 Å². The zero-order chi connectivity index (χ0) is 18.7. The number of carbonyl (C=O) groups excluding carboxylic acids is 1. The molecule has 9 heteroatoms. The molecule has 2 unspecified atom stereocenters. The molecule has 25 heavy (non-hydrogen) atoms. The summed E-state index contributed by atoms with van der Waals surface area (Å²) >= 11 is 0. The van der Waals surface area contributed by atoms with E-state index in [9.17, 15) is 18.4 Å². The Hall–Kier alpha value is -2.71. The third-order valence-electron chi connectivity index (χ3n) is 3.86. The standard InChI is InChI=1S/C16H20F2N4O3/c1-9(14(23)24)8-21(3)16(25)19-10(2)13-20-11-6-4-5-7-12(11)22(13)15(17)18/h4-7,9-10,15H,8H2,1-3H3,(H,19,25)(H,23,24). The minimum atomic E-state index is -2.80. The van der Waals surface area contributed by atoms with Crippen LogP contribution in [0.4, 0.5) is 13.6 Å². The number of hydrogen-bond acceptors (Lipinski definition) is 3. The minimum absolute atomic E-state index is 0.000843. The second-order valence-corrected chi connectivity index (χ2v) is 5.90. The molecule has 2 amide bonds. The molecule has 0 aliphatic carbocycles. The molecule has 136 valence electrons. The molecule has 0 saturated heterocycles. The topological polar surface area (TPSA) is 87.5 Å². The van der Waals surface area contributed by atoms with Crippen LogP contribution in [-0.2, 0) is 4.79 Å². The fourth-order valence-electron chi connectivity index (χ4n) is 2.51. The van der Waals surface area contributed by atoms with Crippen LogP contribution in [0.1, 0.15) is 32.3 Å². The van der Waals surface area contributed by atoms with Crippen LogP contribution >= 0.6 is 0 Å². The van der Waals surface area contributed by atoms with Crippen LogP contribution in [0.15, 0.2) is 24.3 Å². The molecule has 0 fully saturated rings. The van der Waals surface area contributed by atoms with Crippen molar-refractivity contribution in [3.05, 3.63) is 30.1 Å². The van der Waals surface area contributed by atoms with Crippen molar-refractivity contribution >= 4 is 23.0 Å². The number of aromatic nitrogens is 2. The molecule has 2 atom stereocenters. The lowest BCUT2D eigenvalue weighted by Gasteiger charge is -2.23. The molecule has 2 aromatic rings. The first-order chi connectivity index (χ1) is 11.7. The van der Waals surface area contributed by atoms with Gasteiger partial charge in [0.15, 0.2) is 0 Å². The number of halogens is 2. The largest absolute Gasteiger partial charge is 0.481 e. The first-order valence-corrected chi connectivity index (χ1v) is 7.71. The van der Waals surface area contributed by atoms with Gasteiger partial charge in [0.25, 0.3) is 0 Å². The number of para-hydroxylation sites is 2. The lowest BCUT2D eigenvalue weighted by molar-refractivity contribution is -0.141. The Morgan fingerprint density at radius 3 is 2.56 bits per heavy atom. The fraction of sp³-hybridized carbons (Fsp3) is 0.438. The van der Waals surface area contributed by atoms with Gasteiger partial charge in [-0.2, -0.15) is 8.78 Å². The van der Waals surface area contributed by atoms with E-state index in [2.05, 4.69) is 10.3 Å². The number of carbonyl (C=O) groups is 2. The van der Waals surface area contributed by atoms with Gasteiger partial charge in [-0.15, -0.1) is 0 Å². The highest BCUT2D eigenvalue weighted by Gasteiger charge is 2.24. The van der Waals surface area contributed by atoms with Crippen molar-refractivity contribution in [2.75, 3.05) is 13.6 Å². The van der Waals surface area contributed by atoms with Crippen LogP contribution in [0.25, 0.3) is 11.0 Å². The molecule has 1 heterocycles. The van der Waals surface area contributed by atoms with E-state index in [0.717, 1.165) is 4.57 Å². The van der Waals surface area contributed by atoms with Gasteiger partial charge in [0, 0.05) is 13.6 Å². The molecule has 0 bridgehead atoms. The van der Waals surface area contributed by atoms with Gasteiger partial charge in [-0.25, -0.2) is 9.78 Å². The number of aliphatic carboxylic acids is 1. The van der Waals surface area contributed by atoms with E-state index in [-0.39, 0.29) is 17.9 Å². The molecule has 1 aromatic heterocycles. The number of urea groups is 1. The molecule has 0 radical (unpaired) electrons. The first-order valence-electron chi connectivity index (χ1n) is 7.71. The Balaban J connectivity index is 2.19. The summed E-state index contributed by atoms with van der Waals surface area (Å²) in [5.41, 5.74) is 0.688. The van der Waals surface area contributed by atoms with E-state index in [1.807, 2.05) is 0 Å². The van der Waals surface area contributed by atoms with E-state index in [4.69, 9.17) is 5.11 Å². The fourth-order valence-corrected chi connectivity index (χ4v) is 2.51. The number of nitrogens with one attached hydrogen (secondary N) is 1. The predicted molar refractivity (Wildman–Crippen MR) is 87.4 cm³/mol. The van der Waals surface area contributed by atoms with E-state index < -0.39 is 30.5 Å². The maximum Gasteiger partial charge on any atom is 0.320 e. The quantitative estimate of drug-likeness (QED) is 0.835. The molecular formula is C16H20F2N4O3. The number of hydrogen-bond donors (Lipinski definition) is 2. The molecule has 1 aromatic carbocycles. The second kappa shape index (κ2) is 7.45. The van der Waals surface area contributed by atoms with Crippen LogP contribution in [0.3, 0.4) is 0 Å². The zero-order valence-corrected chi connectivity index (χ0v) is 14.1. The maximum atomic E-state index is 13.4. The van der Waals surface area contributed by atoms with E-state index in [1.165, 1.54) is 24.9 Å². The van der Waals surface area contributed by atoms with Gasteiger partial charge < -0.3 is 15.3 Å². The molecule has 2 rings (SSSR count). The number of amides is 2. The minimum Gasteiger partial charge on any atom is -0.481 e. The second-order valence-electron chi connectivity index (χ2n) is 5.90. The van der Waals surface area contributed by atoms with Crippen LogP contribution < -0.4 is 5.32 Å². The molecule has 7 nitrogen and oxygen atoms in total. The summed E-state index contributed by atoms with van der Waals surface area (Å²) in [6.45, 7) is 0.226. The molecular weight excluding hydrogens is 334 g/mol. The number of rotatable bonds is 6. The van der Waals surface area contributed by atoms with E-state index in [1.54, 1.807) is 25.1 Å². The van der Waals surface area contributed by atoms with Crippen LogP contribution in [-0.4, -0.2) is 45.2 Å². The van der Waals surface area contributed by atoms with Crippen LogP contribution in [0.2, 0.25) is 0 Å². The Morgan fingerprint density at radius 1 is 1.32 bits per heavy atom. The van der Waals surface area contributed by atoms with Gasteiger partial charge in [0.2, 0.25) is 0 Å². The summed E-state index contributed by atoms with van der Waals surface area (Å²) in [6, 6.07) is 5.14. The van der Waals surface area contributed by atoms with Crippen LogP contribution in [0.5, 0.6) is 0 Å². The average Bonchev–Trinajstić information content (AvgIpc) is 2.94. The number of fused-ring (bicyclic) bond motifs is 1. The van der Waals surface area contributed by atoms with Crippen LogP contribution in [0, 0.1) is 5.92 Å². The molecule has 0 saturated carbocycles. The summed E-state index contributed by atoms with van der Waals surface area (Å²) in [7, 11) is 1.44. The van der Waals surface area contributed by atoms with Crippen molar-refractivity contribution in [1.82, 2.24) is 19.8 Å². The van der Waals surface area contributed by atoms with Gasteiger partial charge in [-0.1, -0.05) is 19.1 Å². The van der Waals surface area contributed by atoms with Crippen molar-refractivity contribution in [3.63, 3.8) is 0 Å². The highest BCUT2D eigenvalue weighted by atomic mass is 19.3. The van der Waals surface area contributed by atoms with Gasteiger partial charge in [-0.05, 0) is 19.1 Å². The Morgan fingerprint density at radius 2 is 1.96 bits per heavy atom. The van der Waals surface area contributed by atoms with E-state index >= 15 is 0 Å². The summed E-state index contributed by atoms with van der Waals surface area (Å²) in [6.07, 6.45) is 0. The molecule has 0 aliphatic heterocycles. The number of carboxylic acids is 1. The maximum absolute atomic E-state index is 13.4. The zero-order valence-electron chi connectivity index (χ0n) is 14.1. The Kier molecular flexibility index (Phi) is 5.55. The third kappa shape index (κ3) is 4.04. The molecule has 0 spiro atoms. The van der Waals surface area contributed by atoms with Crippen molar-refractivity contribution < 1.29 is 23.5 Å². The number of nitrogens with zero attached hydrogens (tertiary/aromatic N) is 3. The number of alkyl halides is 2. The number of carboxylic acid groups (broad SMARTS) is 1. The molecule has 2 N–H and O–H groups in total. The Bertz CT molecular complexity index is 778. The van der Waals surface area contributed by atoms with Gasteiger partial charge in [-0.3, -0.25) is 9.36 Å². The average molecular weight is 354 g/mol. The third-order valence-corrected chi connectivity index (χ3v) is 3.86. The summed E-state index contributed by atoms with van der Waals surface area (Å²) in [5, 5.41) is 11.5.